The Balaban J connectivity index is 1.70. The van der Waals surface area contributed by atoms with Crippen LogP contribution < -0.4 is 10.1 Å². The van der Waals surface area contributed by atoms with E-state index in [4.69, 9.17) is 9.73 Å². The molecule has 0 amide bonds. The van der Waals surface area contributed by atoms with Crippen molar-refractivity contribution in [2.24, 2.45) is 4.99 Å². The molecule has 0 bridgehead atoms. The zero-order valence-electron chi connectivity index (χ0n) is 15.2. The molecule has 1 aromatic carbocycles. The maximum absolute atomic E-state index is 5.30. The Hall–Kier alpha value is -2.57. The zero-order valence-corrected chi connectivity index (χ0v) is 15.2. The zero-order chi connectivity index (χ0) is 17.6. The highest BCUT2D eigenvalue weighted by Crippen LogP contribution is 2.15. The molecule has 2 aromatic rings. The minimum Gasteiger partial charge on any atom is -0.497 e. The molecule has 1 aliphatic heterocycles. The third-order valence-electron chi connectivity index (χ3n) is 4.31. The van der Waals surface area contributed by atoms with Crippen LogP contribution in [0.4, 0.5) is 0 Å². The number of methoxy groups -OCH3 is 1. The number of ether oxygens (including phenoxy) is 1. The van der Waals surface area contributed by atoms with Crippen molar-refractivity contribution in [2.45, 2.75) is 39.4 Å². The molecule has 0 saturated carbocycles. The standard InChI is InChI=1S/C18H26N6O/c1-4-19-18(20-12-17-22-21-16-9-6-10-24(16)17)23(2)13-14-7-5-8-15(11-14)25-3/h5,7-8,11H,4,6,9-10,12-13H2,1-3H3,(H,19,20). The highest BCUT2D eigenvalue weighted by atomic mass is 16.5. The fourth-order valence-electron chi connectivity index (χ4n) is 3.06. The van der Waals surface area contributed by atoms with Crippen molar-refractivity contribution < 1.29 is 4.74 Å². The molecular weight excluding hydrogens is 316 g/mol. The summed E-state index contributed by atoms with van der Waals surface area (Å²) >= 11 is 0. The molecule has 0 saturated heterocycles. The summed E-state index contributed by atoms with van der Waals surface area (Å²) in [5.74, 6) is 3.75. The van der Waals surface area contributed by atoms with Crippen LogP contribution >= 0.6 is 0 Å². The van der Waals surface area contributed by atoms with Crippen LogP contribution in [-0.2, 0) is 26.1 Å². The van der Waals surface area contributed by atoms with Gasteiger partial charge in [0.25, 0.3) is 0 Å². The minimum atomic E-state index is 0.539. The lowest BCUT2D eigenvalue weighted by Gasteiger charge is -2.22. The van der Waals surface area contributed by atoms with E-state index in [0.29, 0.717) is 6.54 Å². The fourth-order valence-corrected chi connectivity index (χ4v) is 3.06. The molecule has 25 heavy (non-hydrogen) atoms. The molecule has 0 spiro atoms. The molecule has 3 rings (SSSR count). The number of nitrogens with one attached hydrogen (secondary N) is 1. The smallest absolute Gasteiger partial charge is 0.194 e. The third kappa shape index (κ3) is 4.10. The van der Waals surface area contributed by atoms with E-state index >= 15 is 0 Å². The molecule has 0 fully saturated rings. The first-order valence-corrected chi connectivity index (χ1v) is 8.74. The van der Waals surface area contributed by atoms with Crippen molar-refractivity contribution in [1.82, 2.24) is 25.0 Å². The number of aryl methyl sites for hydroxylation is 1. The largest absolute Gasteiger partial charge is 0.497 e. The monoisotopic (exact) mass is 342 g/mol. The second-order valence-corrected chi connectivity index (χ2v) is 6.17. The Morgan fingerprint density at radius 2 is 2.28 bits per heavy atom. The molecule has 134 valence electrons. The number of aromatic nitrogens is 3. The summed E-state index contributed by atoms with van der Waals surface area (Å²) in [7, 11) is 3.72. The lowest BCUT2D eigenvalue weighted by Crippen LogP contribution is -2.38. The van der Waals surface area contributed by atoms with E-state index in [1.54, 1.807) is 7.11 Å². The maximum atomic E-state index is 5.30. The van der Waals surface area contributed by atoms with Gasteiger partial charge in [0.05, 0.1) is 7.11 Å². The van der Waals surface area contributed by atoms with Gasteiger partial charge in [0.1, 0.15) is 18.1 Å². The predicted molar refractivity (Wildman–Crippen MR) is 97.6 cm³/mol. The molecule has 0 atom stereocenters. The van der Waals surface area contributed by atoms with Crippen LogP contribution in [0.1, 0.15) is 30.6 Å². The van der Waals surface area contributed by atoms with Crippen molar-refractivity contribution in [3.63, 3.8) is 0 Å². The van der Waals surface area contributed by atoms with Crippen LogP contribution in [0.2, 0.25) is 0 Å². The third-order valence-corrected chi connectivity index (χ3v) is 4.31. The van der Waals surface area contributed by atoms with E-state index in [1.807, 2.05) is 25.2 Å². The topological polar surface area (TPSA) is 67.6 Å². The number of hydrogen-bond donors (Lipinski definition) is 1. The average molecular weight is 342 g/mol. The normalized spacial score (nSPS) is 13.6. The Morgan fingerprint density at radius 3 is 3.08 bits per heavy atom. The van der Waals surface area contributed by atoms with Crippen LogP contribution in [0.15, 0.2) is 29.3 Å². The van der Waals surface area contributed by atoms with Gasteiger partial charge in [0.15, 0.2) is 11.8 Å². The van der Waals surface area contributed by atoms with E-state index in [2.05, 4.69) is 38.0 Å². The molecule has 7 heteroatoms. The SMILES string of the molecule is CCNC(=NCc1nnc2n1CCC2)N(C)Cc1cccc(OC)c1. The summed E-state index contributed by atoms with van der Waals surface area (Å²) in [6, 6.07) is 8.10. The Morgan fingerprint density at radius 1 is 1.40 bits per heavy atom. The summed E-state index contributed by atoms with van der Waals surface area (Å²) in [5, 5.41) is 11.9. The first-order chi connectivity index (χ1) is 12.2. The predicted octanol–water partition coefficient (Wildman–Crippen LogP) is 1.83. The van der Waals surface area contributed by atoms with Crippen LogP contribution in [0.3, 0.4) is 0 Å². The number of hydrogen-bond acceptors (Lipinski definition) is 4. The van der Waals surface area contributed by atoms with Gasteiger partial charge in [-0.15, -0.1) is 10.2 Å². The van der Waals surface area contributed by atoms with E-state index in [1.165, 1.54) is 5.56 Å². The van der Waals surface area contributed by atoms with E-state index in [-0.39, 0.29) is 0 Å². The second-order valence-electron chi connectivity index (χ2n) is 6.17. The van der Waals surface area contributed by atoms with Gasteiger partial charge in [-0.05, 0) is 31.0 Å². The molecular formula is C18H26N6O. The first-order valence-electron chi connectivity index (χ1n) is 8.74. The van der Waals surface area contributed by atoms with Gasteiger partial charge in [0.2, 0.25) is 0 Å². The molecule has 1 N–H and O–H groups in total. The highest BCUT2D eigenvalue weighted by molar-refractivity contribution is 5.79. The summed E-state index contributed by atoms with van der Waals surface area (Å²) in [6.45, 7) is 5.19. The van der Waals surface area contributed by atoms with Crippen molar-refractivity contribution in [1.29, 1.82) is 0 Å². The first kappa shape index (κ1) is 17.3. The lowest BCUT2D eigenvalue weighted by atomic mass is 10.2. The van der Waals surface area contributed by atoms with Crippen LogP contribution in [-0.4, -0.2) is 46.3 Å². The summed E-state index contributed by atoms with van der Waals surface area (Å²) in [4.78, 5) is 6.86. The molecule has 0 unspecified atom stereocenters. The van der Waals surface area contributed by atoms with Gasteiger partial charge in [-0.25, -0.2) is 4.99 Å². The maximum Gasteiger partial charge on any atom is 0.194 e. The number of fused-ring (bicyclic) bond motifs is 1. The van der Waals surface area contributed by atoms with Gasteiger partial charge in [-0.1, -0.05) is 12.1 Å². The molecule has 0 radical (unpaired) electrons. The van der Waals surface area contributed by atoms with E-state index in [9.17, 15) is 0 Å². The van der Waals surface area contributed by atoms with Gasteiger partial charge < -0.3 is 19.5 Å². The summed E-state index contributed by atoms with van der Waals surface area (Å²) in [5.41, 5.74) is 1.18. The van der Waals surface area contributed by atoms with Crippen molar-refractivity contribution in [3.05, 3.63) is 41.5 Å². The van der Waals surface area contributed by atoms with Gasteiger partial charge >= 0.3 is 0 Å². The Labute approximate surface area is 148 Å². The number of nitrogens with zero attached hydrogens (tertiary/aromatic N) is 5. The molecule has 1 aromatic heterocycles. The average Bonchev–Trinajstić information content (AvgIpc) is 3.23. The molecule has 2 heterocycles. The quantitative estimate of drug-likeness (QED) is 0.641. The van der Waals surface area contributed by atoms with Crippen molar-refractivity contribution >= 4 is 5.96 Å². The van der Waals surface area contributed by atoms with Crippen LogP contribution in [0.25, 0.3) is 0 Å². The second kappa shape index (κ2) is 8.00. The fraction of sp³-hybridized carbons (Fsp3) is 0.500. The Bertz CT molecular complexity index is 739. The number of benzene rings is 1. The van der Waals surface area contributed by atoms with Crippen LogP contribution in [0.5, 0.6) is 5.75 Å². The van der Waals surface area contributed by atoms with Gasteiger partial charge in [-0.3, -0.25) is 0 Å². The van der Waals surface area contributed by atoms with Gasteiger partial charge in [-0.2, -0.15) is 0 Å². The molecule has 0 aliphatic carbocycles. The van der Waals surface area contributed by atoms with Gasteiger partial charge in [0, 0.05) is 33.1 Å². The summed E-state index contributed by atoms with van der Waals surface area (Å²) in [6.07, 6.45) is 2.17. The van der Waals surface area contributed by atoms with E-state index in [0.717, 1.165) is 55.8 Å². The van der Waals surface area contributed by atoms with Crippen LogP contribution in [0, 0.1) is 0 Å². The molecule has 7 nitrogen and oxygen atoms in total. The highest BCUT2D eigenvalue weighted by Gasteiger charge is 2.17. The van der Waals surface area contributed by atoms with Crippen molar-refractivity contribution in [2.75, 3.05) is 20.7 Å². The minimum absolute atomic E-state index is 0.539. The Kier molecular flexibility index (Phi) is 5.53. The lowest BCUT2D eigenvalue weighted by molar-refractivity contribution is 0.412. The van der Waals surface area contributed by atoms with E-state index < -0.39 is 0 Å². The number of guanidine groups is 1. The van der Waals surface area contributed by atoms with Crippen molar-refractivity contribution in [3.8, 4) is 5.75 Å². The number of rotatable bonds is 6. The molecule has 1 aliphatic rings. The number of aliphatic imine (C=N–C) groups is 1. The summed E-state index contributed by atoms with van der Waals surface area (Å²) < 4.78 is 7.49.